The second-order valence-electron chi connectivity index (χ2n) is 5.55. The van der Waals surface area contributed by atoms with Crippen molar-refractivity contribution in [2.45, 2.75) is 6.92 Å². The van der Waals surface area contributed by atoms with Crippen molar-refractivity contribution in [3.8, 4) is 11.5 Å². The molecule has 0 saturated heterocycles. The van der Waals surface area contributed by atoms with Gasteiger partial charge in [0.1, 0.15) is 24.7 Å². The first kappa shape index (κ1) is 22.0. The van der Waals surface area contributed by atoms with Gasteiger partial charge in [-0.05, 0) is 30.7 Å². The summed E-state index contributed by atoms with van der Waals surface area (Å²) < 4.78 is 11.4. The topological polar surface area (TPSA) is 59.0 Å². The molecule has 1 N–H and O–H groups in total. The molecule has 0 aliphatic heterocycles. The van der Waals surface area contributed by atoms with Crippen LogP contribution in [0.2, 0.25) is 0 Å². The summed E-state index contributed by atoms with van der Waals surface area (Å²) in [7, 11) is 3.75. The van der Waals surface area contributed by atoms with E-state index in [1.165, 1.54) is 0 Å². The molecule has 0 bridgehead atoms. The number of pyridine rings is 1. The predicted molar refractivity (Wildman–Crippen MR) is 116 cm³/mol. The summed E-state index contributed by atoms with van der Waals surface area (Å²) in [4.78, 5) is 10.3. The molecule has 6 nitrogen and oxygen atoms in total. The molecule has 142 valence electrons. The van der Waals surface area contributed by atoms with Crippen LogP contribution < -0.4 is 14.8 Å². The van der Waals surface area contributed by atoms with Crippen molar-refractivity contribution >= 4 is 29.9 Å². The average Bonchev–Trinajstić information content (AvgIpc) is 2.64. The number of likely N-dealkylation sites (N-methyl/N-ethyl adjacent to an activating group) is 1. The number of hydrogen-bond donors (Lipinski definition) is 1. The van der Waals surface area contributed by atoms with Gasteiger partial charge in [0.15, 0.2) is 5.96 Å². The number of para-hydroxylation sites is 1. The third-order valence-corrected chi connectivity index (χ3v) is 3.64. The van der Waals surface area contributed by atoms with Crippen molar-refractivity contribution in [1.29, 1.82) is 0 Å². The van der Waals surface area contributed by atoms with Crippen molar-refractivity contribution in [3.05, 3.63) is 54.4 Å². The summed E-state index contributed by atoms with van der Waals surface area (Å²) in [5.74, 6) is 2.49. The van der Waals surface area contributed by atoms with Crippen LogP contribution in [-0.2, 0) is 0 Å². The van der Waals surface area contributed by atoms with Crippen molar-refractivity contribution in [3.63, 3.8) is 0 Å². The second kappa shape index (κ2) is 12.3. The Hall–Kier alpha value is -2.03. The molecule has 1 heterocycles. The van der Waals surface area contributed by atoms with Crippen LogP contribution in [0.15, 0.2) is 53.8 Å². The van der Waals surface area contributed by atoms with E-state index in [0.29, 0.717) is 19.8 Å². The molecule has 0 saturated carbocycles. The summed E-state index contributed by atoms with van der Waals surface area (Å²) in [6.45, 7) is 4.57. The highest BCUT2D eigenvalue weighted by molar-refractivity contribution is 14.0. The third-order valence-electron chi connectivity index (χ3n) is 3.64. The van der Waals surface area contributed by atoms with Crippen LogP contribution in [0.3, 0.4) is 0 Å². The van der Waals surface area contributed by atoms with E-state index in [1.807, 2.05) is 55.3 Å². The fraction of sp³-hybridized carbons (Fsp3) is 0.368. The Balaban J connectivity index is 0.00000338. The standard InChI is InChI=1S/C19H26N4O2.HI/c1-16-7-4-5-9-18(16)25-14-12-23(3)19(20-2)22-11-13-24-17-8-6-10-21-15-17;/h4-10,15H,11-14H2,1-3H3,(H,20,22);1H. The molecular weight excluding hydrogens is 443 g/mol. The first-order valence-corrected chi connectivity index (χ1v) is 8.33. The number of aliphatic imine (C=N–C) groups is 1. The zero-order valence-electron chi connectivity index (χ0n) is 15.5. The van der Waals surface area contributed by atoms with Crippen LogP contribution in [0.5, 0.6) is 11.5 Å². The van der Waals surface area contributed by atoms with Crippen LogP contribution in [0.1, 0.15) is 5.56 Å². The van der Waals surface area contributed by atoms with E-state index >= 15 is 0 Å². The molecule has 0 unspecified atom stereocenters. The van der Waals surface area contributed by atoms with Crippen LogP contribution in [0.4, 0.5) is 0 Å². The lowest BCUT2D eigenvalue weighted by Crippen LogP contribution is -2.42. The summed E-state index contributed by atoms with van der Waals surface area (Å²) in [6, 6.07) is 11.8. The van der Waals surface area contributed by atoms with Crippen molar-refractivity contribution in [1.82, 2.24) is 15.2 Å². The molecule has 1 aromatic carbocycles. The van der Waals surface area contributed by atoms with Gasteiger partial charge in [0, 0.05) is 20.3 Å². The molecule has 2 rings (SSSR count). The number of benzene rings is 1. The quantitative estimate of drug-likeness (QED) is 0.278. The van der Waals surface area contributed by atoms with E-state index in [1.54, 1.807) is 19.4 Å². The Morgan fingerprint density at radius 2 is 1.96 bits per heavy atom. The van der Waals surface area contributed by atoms with E-state index < -0.39 is 0 Å². The molecule has 26 heavy (non-hydrogen) atoms. The van der Waals surface area contributed by atoms with Gasteiger partial charge in [-0.3, -0.25) is 9.98 Å². The van der Waals surface area contributed by atoms with E-state index in [-0.39, 0.29) is 24.0 Å². The lowest BCUT2D eigenvalue weighted by Gasteiger charge is -2.22. The number of guanidine groups is 1. The number of ether oxygens (including phenoxy) is 2. The SMILES string of the molecule is CN=C(NCCOc1cccnc1)N(C)CCOc1ccccc1C.I. The highest BCUT2D eigenvalue weighted by Gasteiger charge is 2.06. The molecule has 0 atom stereocenters. The van der Waals surface area contributed by atoms with Gasteiger partial charge < -0.3 is 19.7 Å². The number of aryl methyl sites for hydroxylation is 1. The summed E-state index contributed by atoms with van der Waals surface area (Å²) in [6.07, 6.45) is 3.42. The molecule has 0 aliphatic carbocycles. The fourth-order valence-electron chi connectivity index (χ4n) is 2.27. The Kier molecular flexibility index (Phi) is 10.5. The summed E-state index contributed by atoms with van der Waals surface area (Å²) in [5.41, 5.74) is 1.14. The van der Waals surface area contributed by atoms with E-state index in [9.17, 15) is 0 Å². The molecular formula is C19H27IN4O2. The zero-order chi connectivity index (χ0) is 17.9. The van der Waals surface area contributed by atoms with E-state index in [0.717, 1.165) is 29.6 Å². The Morgan fingerprint density at radius 1 is 1.15 bits per heavy atom. The minimum atomic E-state index is 0. The molecule has 0 radical (unpaired) electrons. The van der Waals surface area contributed by atoms with Crippen LogP contribution in [0, 0.1) is 6.92 Å². The van der Waals surface area contributed by atoms with Gasteiger partial charge in [-0.15, -0.1) is 24.0 Å². The number of nitrogens with one attached hydrogen (secondary N) is 1. The summed E-state index contributed by atoms with van der Waals surface area (Å²) in [5, 5.41) is 3.27. The predicted octanol–water partition coefficient (Wildman–Crippen LogP) is 2.97. The molecule has 0 amide bonds. The van der Waals surface area contributed by atoms with E-state index in [4.69, 9.17) is 9.47 Å². The number of rotatable bonds is 8. The van der Waals surface area contributed by atoms with Crippen LogP contribution in [0.25, 0.3) is 0 Å². The second-order valence-corrected chi connectivity index (χ2v) is 5.55. The van der Waals surface area contributed by atoms with Crippen molar-refractivity contribution < 1.29 is 9.47 Å². The molecule has 0 fully saturated rings. The van der Waals surface area contributed by atoms with Gasteiger partial charge in [0.2, 0.25) is 0 Å². The molecule has 7 heteroatoms. The highest BCUT2D eigenvalue weighted by atomic mass is 127. The maximum Gasteiger partial charge on any atom is 0.193 e. The van der Waals surface area contributed by atoms with Crippen LogP contribution in [-0.4, -0.2) is 56.2 Å². The highest BCUT2D eigenvalue weighted by Crippen LogP contribution is 2.15. The lowest BCUT2D eigenvalue weighted by atomic mass is 10.2. The molecule has 0 spiro atoms. The van der Waals surface area contributed by atoms with Gasteiger partial charge in [-0.2, -0.15) is 0 Å². The Labute approximate surface area is 172 Å². The number of halogens is 1. The Bertz CT molecular complexity index is 668. The first-order chi connectivity index (χ1) is 12.2. The smallest absolute Gasteiger partial charge is 0.193 e. The summed E-state index contributed by atoms with van der Waals surface area (Å²) >= 11 is 0. The van der Waals surface area contributed by atoms with Gasteiger partial charge >= 0.3 is 0 Å². The molecule has 1 aromatic heterocycles. The number of aromatic nitrogens is 1. The monoisotopic (exact) mass is 470 g/mol. The fourth-order valence-corrected chi connectivity index (χ4v) is 2.27. The molecule has 2 aromatic rings. The van der Waals surface area contributed by atoms with Gasteiger partial charge in [-0.25, -0.2) is 0 Å². The average molecular weight is 470 g/mol. The van der Waals surface area contributed by atoms with Gasteiger partial charge in [0.05, 0.1) is 19.3 Å². The maximum absolute atomic E-state index is 5.83. The third kappa shape index (κ3) is 7.47. The van der Waals surface area contributed by atoms with Gasteiger partial charge in [0.25, 0.3) is 0 Å². The minimum Gasteiger partial charge on any atom is -0.491 e. The van der Waals surface area contributed by atoms with Crippen molar-refractivity contribution in [2.75, 3.05) is 40.4 Å². The normalized spacial score (nSPS) is 10.7. The molecule has 0 aliphatic rings. The maximum atomic E-state index is 5.83. The zero-order valence-corrected chi connectivity index (χ0v) is 17.8. The first-order valence-electron chi connectivity index (χ1n) is 8.33. The minimum absolute atomic E-state index is 0. The lowest BCUT2D eigenvalue weighted by molar-refractivity contribution is 0.277. The van der Waals surface area contributed by atoms with Crippen LogP contribution >= 0.6 is 24.0 Å². The number of hydrogen-bond acceptors (Lipinski definition) is 4. The van der Waals surface area contributed by atoms with E-state index in [2.05, 4.69) is 15.3 Å². The Morgan fingerprint density at radius 3 is 2.65 bits per heavy atom. The van der Waals surface area contributed by atoms with Gasteiger partial charge in [-0.1, -0.05) is 18.2 Å². The largest absolute Gasteiger partial charge is 0.491 e. The number of nitrogens with zero attached hydrogens (tertiary/aromatic N) is 3. The van der Waals surface area contributed by atoms with Crippen molar-refractivity contribution in [2.24, 2.45) is 4.99 Å².